The van der Waals surface area contributed by atoms with Crippen molar-refractivity contribution in [1.29, 1.82) is 0 Å². The Hall–Kier alpha value is -1.51. The summed E-state index contributed by atoms with van der Waals surface area (Å²) < 4.78 is 7.13. The van der Waals surface area contributed by atoms with E-state index < -0.39 is 11.0 Å². The van der Waals surface area contributed by atoms with Crippen LogP contribution in [0.2, 0.25) is 0 Å². The Balaban J connectivity index is 1.45. The maximum absolute atomic E-state index is 10.6. The second-order valence-corrected chi connectivity index (χ2v) is 5.81. The number of nitrogens with zero attached hydrogens (tertiary/aromatic N) is 3. The molecule has 0 radical (unpaired) electrons. The van der Waals surface area contributed by atoms with E-state index in [1.807, 2.05) is 0 Å². The smallest absolute Gasteiger partial charge is 0.306 e. The van der Waals surface area contributed by atoms with Crippen molar-refractivity contribution in [3.05, 3.63) is 22.5 Å². The van der Waals surface area contributed by atoms with Gasteiger partial charge in [-0.2, -0.15) is 5.10 Å². The molecule has 3 unspecified atom stereocenters. The van der Waals surface area contributed by atoms with Crippen molar-refractivity contribution in [2.24, 2.45) is 5.92 Å². The number of nitrogens with one attached hydrogen (secondary N) is 1. The number of hydrogen-bond acceptors (Lipinski definition) is 6. The molecule has 0 spiro atoms. The van der Waals surface area contributed by atoms with Gasteiger partial charge in [-0.15, -0.1) is 0 Å². The predicted octanol–water partition coefficient (Wildman–Crippen LogP) is 0.309. The van der Waals surface area contributed by atoms with Crippen molar-refractivity contribution < 1.29 is 14.8 Å². The van der Waals surface area contributed by atoms with Crippen LogP contribution in [0.4, 0.5) is 5.69 Å². The molecule has 0 bridgehead atoms. The van der Waals surface area contributed by atoms with Gasteiger partial charge in [0.15, 0.2) is 0 Å². The third-order valence-corrected chi connectivity index (χ3v) is 4.07. The summed E-state index contributed by atoms with van der Waals surface area (Å²) in [6, 6.07) is 0.305. The van der Waals surface area contributed by atoms with Gasteiger partial charge in [0.25, 0.3) is 0 Å². The van der Waals surface area contributed by atoms with Gasteiger partial charge in [0, 0.05) is 19.2 Å². The molecular weight excluding hydrogens is 276 g/mol. The summed E-state index contributed by atoms with van der Waals surface area (Å²) in [6.07, 6.45) is 5.61. The Bertz CT molecular complexity index is 502. The molecule has 0 aromatic carbocycles. The predicted molar refractivity (Wildman–Crippen MR) is 73.8 cm³/mol. The fraction of sp³-hybridized carbons (Fsp3) is 0.769. The van der Waals surface area contributed by atoms with Crippen molar-refractivity contribution in [2.75, 3.05) is 13.2 Å². The highest BCUT2D eigenvalue weighted by molar-refractivity contribution is 5.20. The molecule has 2 heterocycles. The SMILES string of the molecule is O=[N+]([O-])c1cnn(CC(O)CNC2CCOC2C2CC2)c1. The van der Waals surface area contributed by atoms with Crippen LogP contribution < -0.4 is 5.32 Å². The summed E-state index contributed by atoms with van der Waals surface area (Å²) in [7, 11) is 0. The first-order valence-corrected chi connectivity index (χ1v) is 7.33. The molecule has 8 nitrogen and oxygen atoms in total. The topological polar surface area (TPSA) is 102 Å². The number of aliphatic hydroxyl groups is 1. The molecule has 2 N–H and O–H groups in total. The minimum Gasteiger partial charge on any atom is -0.390 e. The van der Waals surface area contributed by atoms with Crippen molar-refractivity contribution in [3.63, 3.8) is 0 Å². The van der Waals surface area contributed by atoms with Crippen LogP contribution in [-0.4, -0.2) is 51.2 Å². The molecule has 116 valence electrons. The lowest BCUT2D eigenvalue weighted by Gasteiger charge is -2.21. The lowest BCUT2D eigenvalue weighted by molar-refractivity contribution is -0.385. The van der Waals surface area contributed by atoms with Crippen LogP contribution >= 0.6 is 0 Å². The molecule has 1 saturated carbocycles. The average Bonchev–Trinajstić information content (AvgIpc) is 3.00. The molecule has 0 amide bonds. The normalized spacial score (nSPS) is 26.9. The lowest BCUT2D eigenvalue weighted by atomic mass is 10.1. The van der Waals surface area contributed by atoms with Gasteiger partial charge in [0.2, 0.25) is 0 Å². The molecule has 8 heteroatoms. The molecule has 1 aromatic rings. The van der Waals surface area contributed by atoms with Crippen molar-refractivity contribution in [3.8, 4) is 0 Å². The van der Waals surface area contributed by atoms with Gasteiger partial charge in [-0.05, 0) is 25.2 Å². The maximum Gasteiger partial charge on any atom is 0.306 e. The summed E-state index contributed by atoms with van der Waals surface area (Å²) in [5, 5.41) is 27.8. The molecule has 3 rings (SSSR count). The van der Waals surface area contributed by atoms with Crippen molar-refractivity contribution in [2.45, 2.75) is 44.1 Å². The Morgan fingerprint density at radius 1 is 1.57 bits per heavy atom. The molecule has 1 saturated heterocycles. The zero-order valence-corrected chi connectivity index (χ0v) is 11.7. The minimum absolute atomic E-state index is 0.0619. The highest BCUT2D eigenvalue weighted by atomic mass is 16.6. The van der Waals surface area contributed by atoms with Gasteiger partial charge in [0.05, 0.1) is 23.7 Å². The highest BCUT2D eigenvalue weighted by Gasteiger charge is 2.40. The molecular formula is C13H20N4O4. The molecule has 1 aromatic heterocycles. The van der Waals surface area contributed by atoms with E-state index in [0.717, 1.165) is 13.0 Å². The average molecular weight is 296 g/mol. The zero-order valence-electron chi connectivity index (χ0n) is 11.7. The van der Waals surface area contributed by atoms with Crippen molar-refractivity contribution in [1.82, 2.24) is 15.1 Å². The van der Waals surface area contributed by atoms with Crippen LogP contribution in [0.3, 0.4) is 0 Å². The third kappa shape index (κ3) is 3.58. The first-order valence-electron chi connectivity index (χ1n) is 7.33. The van der Waals surface area contributed by atoms with E-state index in [1.165, 1.54) is 29.9 Å². The molecule has 21 heavy (non-hydrogen) atoms. The first kappa shape index (κ1) is 14.4. The summed E-state index contributed by atoms with van der Waals surface area (Å²) in [4.78, 5) is 10.1. The van der Waals surface area contributed by atoms with E-state index in [1.54, 1.807) is 0 Å². The Morgan fingerprint density at radius 3 is 3.05 bits per heavy atom. The largest absolute Gasteiger partial charge is 0.390 e. The summed E-state index contributed by atoms with van der Waals surface area (Å²) in [5.41, 5.74) is -0.0619. The van der Waals surface area contributed by atoms with Crippen molar-refractivity contribution >= 4 is 5.69 Å². The Labute approximate surface area is 122 Å². The van der Waals surface area contributed by atoms with E-state index >= 15 is 0 Å². The van der Waals surface area contributed by atoms with E-state index in [9.17, 15) is 15.2 Å². The molecule has 3 atom stereocenters. The monoisotopic (exact) mass is 296 g/mol. The Morgan fingerprint density at radius 2 is 2.38 bits per heavy atom. The van der Waals surface area contributed by atoms with Gasteiger partial charge >= 0.3 is 5.69 Å². The van der Waals surface area contributed by atoms with Gasteiger partial charge < -0.3 is 15.2 Å². The van der Waals surface area contributed by atoms with E-state index in [-0.39, 0.29) is 18.3 Å². The fourth-order valence-corrected chi connectivity index (χ4v) is 2.83. The van der Waals surface area contributed by atoms with Gasteiger partial charge in [-0.25, -0.2) is 0 Å². The number of aromatic nitrogens is 2. The second kappa shape index (κ2) is 6.08. The molecule has 1 aliphatic carbocycles. The van der Waals surface area contributed by atoms with Gasteiger partial charge in [-0.1, -0.05) is 0 Å². The summed E-state index contributed by atoms with van der Waals surface area (Å²) in [6.45, 7) is 1.45. The summed E-state index contributed by atoms with van der Waals surface area (Å²) >= 11 is 0. The maximum atomic E-state index is 10.6. The number of rotatable bonds is 7. The zero-order chi connectivity index (χ0) is 14.8. The van der Waals surface area contributed by atoms with Crippen LogP contribution in [-0.2, 0) is 11.3 Å². The van der Waals surface area contributed by atoms with E-state index in [0.29, 0.717) is 18.5 Å². The van der Waals surface area contributed by atoms with Gasteiger partial charge in [-0.3, -0.25) is 14.8 Å². The number of ether oxygens (including phenoxy) is 1. The second-order valence-electron chi connectivity index (χ2n) is 5.81. The van der Waals surface area contributed by atoms with Crippen LogP contribution in [0.15, 0.2) is 12.4 Å². The van der Waals surface area contributed by atoms with Crippen LogP contribution in [0.5, 0.6) is 0 Å². The highest BCUT2D eigenvalue weighted by Crippen LogP contribution is 2.38. The summed E-state index contributed by atoms with van der Waals surface area (Å²) in [5.74, 6) is 0.677. The van der Waals surface area contributed by atoms with E-state index in [2.05, 4.69) is 10.4 Å². The van der Waals surface area contributed by atoms with Crippen LogP contribution in [0, 0.1) is 16.0 Å². The molecule has 2 fully saturated rings. The van der Waals surface area contributed by atoms with E-state index in [4.69, 9.17) is 4.74 Å². The molecule has 2 aliphatic rings. The minimum atomic E-state index is -0.634. The molecule has 1 aliphatic heterocycles. The quantitative estimate of drug-likeness (QED) is 0.554. The van der Waals surface area contributed by atoms with Gasteiger partial charge in [0.1, 0.15) is 12.4 Å². The Kier molecular flexibility index (Phi) is 4.18. The van der Waals surface area contributed by atoms with Crippen LogP contribution in [0.25, 0.3) is 0 Å². The standard InChI is InChI=1S/C13H20N4O4/c18-11(8-16-7-10(5-15-16)17(19)20)6-14-12-3-4-21-13(12)9-1-2-9/h5,7,9,11-14,18H,1-4,6,8H2. The number of aliphatic hydroxyl groups excluding tert-OH is 1. The number of hydrogen-bond donors (Lipinski definition) is 2. The number of nitro groups is 1. The van der Waals surface area contributed by atoms with Crippen LogP contribution in [0.1, 0.15) is 19.3 Å². The first-order chi connectivity index (χ1) is 10.1. The lowest BCUT2D eigenvalue weighted by Crippen LogP contribution is -2.42. The fourth-order valence-electron chi connectivity index (χ4n) is 2.83. The third-order valence-electron chi connectivity index (χ3n) is 4.07.